The number of rotatable bonds is 13. The highest BCUT2D eigenvalue weighted by molar-refractivity contribution is 5.95. The van der Waals surface area contributed by atoms with E-state index in [9.17, 15) is 65.1 Å². The maximum atomic E-state index is 14.7. The van der Waals surface area contributed by atoms with E-state index in [4.69, 9.17) is 14.6 Å². The van der Waals surface area contributed by atoms with E-state index in [1.54, 1.807) is 0 Å². The third kappa shape index (κ3) is 7.41. The number of hydrogen-bond acceptors (Lipinski definition) is 13. The zero-order valence-electron chi connectivity index (χ0n) is 34.4. The summed E-state index contributed by atoms with van der Waals surface area (Å²) in [6, 6.07) is 0. The molecule has 0 aromatic carbocycles. The van der Waals surface area contributed by atoms with Gasteiger partial charge < -0.3 is 60.5 Å². The molecule has 16 nitrogen and oxygen atoms in total. The van der Waals surface area contributed by atoms with Crippen molar-refractivity contribution < 1.29 is 79.7 Å². The van der Waals surface area contributed by atoms with Gasteiger partial charge in [0.15, 0.2) is 23.1 Å². The van der Waals surface area contributed by atoms with Gasteiger partial charge in [0.1, 0.15) is 12.2 Å². The summed E-state index contributed by atoms with van der Waals surface area (Å²) in [4.78, 5) is 49.5. The largest absolute Gasteiger partial charge is 0.506 e. The SMILES string of the molecule is CC1(C)[C@@H](O[C@@H](O)/C(O[C@H](O)/C(O)=C(\O)[C@H](O)CC(=O)O)=C(\O)[C@@H](O)CC(=O)O)CC[C@]2(C)C3C(=O)C=C4[C@@H]5C[C@@](C)(C(=O)O)CC[C@]5(C)CC[C@@]4(C)[C@]3(C)CC[C@@H]12. The molecular formula is C42H62O16. The first-order chi connectivity index (χ1) is 26.6. The molecule has 0 saturated heterocycles. The van der Waals surface area contributed by atoms with Crippen molar-refractivity contribution in [2.75, 3.05) is 0 Å². The Hall–Kier alpha value is -3.70. The number of aliphatic hydroxyl groups is 7. The number of carboxylic acid groups (broad SMARTS) is 3. The van der Waals surface area contributed by atoms with Gasteiger partial charge in [0.25, 0.3) is 6.29 Å². The minimum absolute atomic E-state index is 0.0266. The molecule has 58 heavy (non-hydrogen) atoms. The van der Waals surface area contributed by atoms with Crippen LogP contribution in [0, 0.1) is 50.2 Å². The summed E-state index contributed by atoms with van der Waals surface area (Å²) in [5.74, 6) is -9.80. The van der Waals surface area contributed by atoms with Crippen molar-refractivity contribution in [3.63, 3.8) is 0 Å². The Labute approximate surface area is 337 Å². The van der Waals surface area contributed by atoms with E-state index in [0.29, 0.717) is 32.1 Å². The lowest BCUT2D eigenvalue weighted by molar-refractivity contribution is -0.241. The van der Waals surface area contributed by atoms with Crippen molar-refractivity contribution in [3.05, 3.63) is 34.7 Å². The topological polar surface area (TPSA) is 289 Å². The van der Waals surface area contributed by atoms with Crippen LogP contribution in [0.25, 0.3) is 0 Å². The highest BCUT2D eigenvalue weighted by atomic mass is 16.7. The molecule has 5 aliphatic rings. The van der Waals surface area contributed by atoms with Crippen LogP contribution in [0.4, 0.5) is 0 Å². The lowest BCUT2D eigenvalue weighted by Crippen LogP contribution is -2.66. The van der Waals surface area contributed by atoms with Gasteiger partial charge in [-0.05, 0) is 110 Å². The molecule has 5 aliphatic carbocycles. The zero-order chi connectivity index (χ0) is 43.7. The smallest absolute Gasteiger partial charge is 0.309 e. The number of hydrogen-bond donors (Lipinski definition) is 10. The number of fused-ring (bicyclic) bond motifs is 7. The maximum Gasteiger partial charge on any atom is 0.309 e. The van der Waals surface area contributed by atoms with Crippen molar-refractivity contribution in [2.45, 2.75) is 150 Å². The van der Waals surface area contributed by atoms with Crippen molar-refractivity contribution in [1.82, 2.24) is 0 Å². The number of carbonyl (C=O) groups excluding carboxylic acids is 1. The molecule has 16 heteroatoms. The first-order valence-corrected chi connectivity index (χ1v) is 20.1. The van der Waals surface area contributed by atoms with Gasteiger partial charge in [0.2, 0.25) is 12.0 Å². The predicted octanol–water partition coefficient (Wildman–Crippen LogP) is 4.86. The Balaban J connectivity index is 1.45. The first kappa shape index (κ1) is 45.4. The van der Waals surface area contributed by atoms with Gasteiger partial charge in [-0.2, -0.15) is 0 Å². The lowest BCUT2D eigenvalue weighted by Gasteiger charge is -2.70. The summed E-state index contributed by atoms with van der Waals surface area (Å²) in [7, 11) is 0. The summed E-state index contributed by atoms with van der Waals surface area (Å²) in [6.07, 6.45) is -4.74. The van der Waals surface area contributed by atoms with Crippen LogP contribution in [-0.4, -0.2) is 106 Å². The molecule has 13 atom stereocenters. The van der Waals surface area contributed by atoms with E-state index in [1.165, 1.54) is 0 Å². The van der Waals surface area contributed by atoms with Crippen LogP contribution in [0.1, 0.15) is 119 Å². The van der Waals surface area contributed by atoms with E-state index in [0.717, 1.165) is 24.8 Å². The molecule has 5 rings (SSSR count). The van der Waals surface area contributed by atoms with E-state index in [2.05, 4.69) is 27.7 Å². The van der Waals surface area contributed by atoms with Crippen LogP contribution in [0.2, 0.25) is 0 Å². The van der Waals surface area contributed by atoms with Crippen LogP contribution in [0.5, 0.6) is 0 Å². The van der Waals surface area contributed by atoms with Gasteiger partial charge in [-0.25, -0.2) is 0 Å². The van der Waals surface area contributed by atoms with Crippen LogP contribution in [-0.2, 0) is 28.7 Å². The molecule has 0 heterocycles. The third-order valence-corrected chi connectivity index (χ3v) is 15.9. The Bertz CT molecular complexity index is 1780. The molecule has 10 N–H and O–H groups in total. The highest BCUT2D eigenvalue weighted by Crippen LogP contribution is 2.75. The van der Waals surface area contributed by atoms with Crippen LogP contribution < -0.4 is 0 Å². The predicted molar refractivity (Wildman–Crippen MR) is 203 cm³/mol. The maximum absolute atomic E-state index is 14.7. The molecule has 0 aliphatic heterocycles. The molecule has 0 aromatic heterocycles. The molecule has 0 radical (unpaired) electrons. The van der Waals surface area contributed by atoms with E-state index >= 15 is 0 Å². The lowest BCUT2D eigenvalue weighted by atomic mass is 9.33. The first-order valence-electron chi connectivity index (χ1n) is 20.1. The van der Waals surface area contributed by atoms with E-state index in [1.807, 2.05) is 26.8 Å². The summed E-state index contributed by atoms with van der Waals surface area (Å²) in [5, 5.41) is 102. The van der Waals surface area contributed by atoms with Crippen LogP contribution in [0.3, 0.4) is 0 Å². The molecule has 0 bridgehead atoms. The normalized spacial score (nSPS) is 39.7. The van der Waals surface area contributed by atoms with Crippen molar-refractivity contribution >= 4 is 23.7 Å². The number of aliphatic hydroxyl groups excluding tert-OH is 7. The Kier molecular flexibility index (Phi) is 12.1. The van der Waals surface area contributed by atoms with E-state index < -0.39 is 106 Å². The Morgan fingerprint density at radius 3 is 1.86 bits per heavy atom. The van der Waals surface area contributed by atoms with Crippen LogP contribution >= 0.6 is 0 Å². The minimum atomic E-state index is -2.67. The van der Waals surface area contributed by atoms with Gasteiger partial charge in [-0.15, -0.1) is 0 Å². The second-order valence-corrected chi connectivity index (χ2v) is 19.6. The number of ketones is 1. The Morgan fingerprint density at radius 2 is 1.29 bits per heavy atom. The van der Waals surface area contributed by atoms with Gasteiger partial charge >= 0.3 is 17.9 Å². The minimum Gasteiger partial charge on any atom is -0.506 e. The van der Waals surface area contributed by atoms with Crippen molar-refractivity contribution in [3.8, 4) is 0 Å². The molecule has 1 unspecified atom stereocenters. The van der Waals surface area contributed by atoms with Gasteiger partial charge in [-0.3, -0.25) is 19.2 Å². The third-order valence-electron chi connectivity index (χ3n) is 15.9. The standard InChI is InChI=1S/C42H62O16/c1-37(2)25-8-11-42(7)33(24(45)16-20-21-19-39(4,36(55)56)13-12-38(21,3)14-15-41(20,42)6)40(25,5)10-9-26(37)57-35(54)32(30(51)23(44)18-28(48)49)58-34(53)31(52)29(50)22(43)17-27(46)47/h16,21-23,25-26,33-35,43-44,50-54H,8-15,17-19H2,1-7H3,(H,46,47)(H,48,49)(H,55,56)/b31-29+,32-30+/t21-,22+,23-,25-,26-,33?,34-,35+,38+,39-,40-,41+,42+/m0/s1. The summed E-state index contributed by atoms with van der Waals surface area (Å²) >= 11 is 0. The zero-order valence-corrected chi connectivity index (χ0v) is 34.4. The summed E-state index contributed by atoms with van der Waals surface area (Å²) in [5.41, 5.74) is -2.06. The second kappa shape index (κ2) is 15.4. The molecule has 0 spiro atoms. The number of carboxylic acids is 3. The fraction of sp³-hybridized carbons (Fsp3) is 0.762. The Morgan fingerprint density at radius 1 is 0.724 bits per heavy atom. The highest BCUT2D eigenvalue weighted by Gasteiger charge is 2.70. The molecule has 4 fully saturated rings. The number of aliphatic carboxylic acids is 3. The summed E-state index contributed by atoms with van der Waals surface area (Å²) in [6.45, 7) is 14.5. The van der Waals surface area contributed by atoms with Crippen LogP contribution in [0.15, 0.2) is 34.7 Å². The van der Waals surface area contributed by atoms with Gasteiger partial charge in [-0.1, -0.05) is 47.1 Å². The monoisotopic (exact) mass is 822 g/mol. The molecule has 0 amide bonds. The molecular weight excluding hydrogens is 760 g/mol. The van der Waals surface area contributed by atoms with E-state index in [-0.39, 0.29) is 40.8 Å². The quantitative estimate of drug-likeness (QED) is 0.0877. The summed E-state index contributed by atoms with van der Waals surface area (Å²) < 4.78 is 11.2. The fourth-order valence-corrected chi connectivity index (χ4v) is 12.2. The van der Waals surface area contributed by atoms with Crippen molar-refractivity contribution in [2.24, 2.45) is 50.2 Å². The average molecular weight is 823 g/mol. The molecule has 326 valence electrons. The number of allylic oxidation sites excluding steroid dienone is 2. The average Bonchev–Trinajstić information content (AvgIpc) is 3.11. The second-order valence-electron chi connectivity index (χ2n) is 19.6. The van der Waals surface area contributed by atoms with Gasteiger partial charge in [0, 0.05) is 5.92 Å². The fourth-order valence-electron chi connectivity index (χ4n) is 12.2. The van der Waals surface area contributed by atoms with Gasteiger partial charge in [0.05, 0.1) is 24.4 Å². The molecule has 0 aromatic rings. The number of carbonyl (C=O) groups is 4. The number of ether oxygens (including phenoxy) is 2. The molecule has 4 saturated carbocycles. The van der Waals surface area contributed by atoms with Crippen molar-refractivity contribution in [1.29, 1.82) is 0 Å².